The van der Waals surface area contributed by atoms with Gasteiger partial charge in [0.15, 0.2) is 0 Å². The van der Waals surface area contributed by atoms with Crippen LogP contribution in [0, 0.1) is 10.1 Å². The number of hydrogen-bond acceptors (Lipinski definition) is 4. The third-order valence-corrected chi connectivity index (χ3v) is 1.55. The molecule has 0 bridgehead atoms. The Morgan fingerprint density at radius 3 is 2.67 bits per heavy atom. The Bertz CT molecular complexity index is 372. The minimum absolute atomic E-state index is 0.102. The zero-order chi connectivity index (χ0) is 11.1. The van der Waals surface area contributed by atoms with Crippen LogP contribution in [0.3, 0.4) is 0 Å². The minimum atomic E-state index is -0.615. The van der Waals surface area contributed by atoms with Crippen LogP contribution >= 0.6 is 0 Å². The van der Waals surface area contributed by atoms with E-state index in [0.717, 1.165) is 6.20 Å². The molecule has 0 atom stereocenters. The van der Waals surface area contributed by atoms with Crippen LogP contribution in [0.1, 0.15) is 10.4 Å². The topological polar surface area (TPSA) is 69.4 Å². The van der Waals surface area contributed by atoms with Gasteiger partial charge < -0.3 is 4.74 Å². The summed E-state index contributed by atoms with van der Waals surface area (Å²) in [5, 5.41) is 9.89. The molecule has 5 heteroatoms. The summed E-state index contributed by atoms with van der Waals surface area (Å²) in [5.41, 5.74) is 0.423. The van der Waals surface area contributed by atoms with Crippen LogP contribution in [0.15, 0.2) is 42.6 Å². The van der Waals surface area contributed by atoms with Gasteiger partial charge in [0.2, 0.25) is 6.20 Å². The highest BCUT2D eigenvalue weighted by Gasteiger charge is 2.03. The summed E-state index contributed by atoms with van der Waals surface area (Å²) in [6.45, 7) is -0.102. The molecule has 15 heavy (non-hydrogen) atoms. The Labute approximate surface area is 86.1 Å². The van der Waals surface area contributed by atoms with Gasteiger partial charge in [0.1, 0.15) is 6.61 Å². The quantitative estimate of drug-likeness (QED) is 0.427. The van der Waals surface area contributed by atoms with Crippen molar-refractivity contribution in [1.82, 2.24) is 0 Å². The lowest BCUT2D eigenvalue weighted by Gasteiger charge is -1.99. The number of nitro groups is 1. The number of nitrogens with zero attached hydrogens (tertiary/aromatic N) is 1. The largest absolute Gasteiger partial charge is 0.458 e. The highest BCUT2D eigenvalue weighted by atomic mass is 16.6. The van der Waals surface area contributed by atoms with E-state index in [-0.39, 0.29) is 6.61 Å². The molecule has 1 rings (SSSR count). The summed E-state index contributed by atoms with van der Waals surface area (Å²) in [5.74, 6) is -0.497. The fourth-order valence-corrected chi connectivity index (χ4v) is 0.910. The third kappa shape index (κ3) is 4.04. The maximum Gasteiger partial charge on any atom is 0.338 e. The second-order valence-corrected chi connectivity index (χ2v) is 2.63. The van der Waals surface area contributed by atoms with Crippen LogP contribution in [0.25, 0.3) is 0 Å². The van der Waals surface area contributed by atoms with E-state index in [4.69, 9.17) is 4.74 Å². The molecular weight excluding hydrogens is 198 g/mol. The van der Waals surface area contributed by atoms with E-state index in [1.54, 1.807) is 30.3 Å². The van der Waals surface area contributed by atoms with Crippen molar-refractivity contribution < 1.29 is 14.5 Å². The van der Waals surface area contributed by atoms with Gasteiger partial charge in [0.05, 0.1) is 10.5 Å². The van der Waals surface area contributed by atoms with E-state index < -0.39 is 10.9 Å². The molecule has 5 nitrogen and oxygen atoms in total. The highest BCUT2D eigenvalue weighted by molar-refractivity contribution is 5.89. The molecule has 0 radical (unpaired) electrons. The Hall–Kier alpha value is -2.17. The third-order valence-electron chi connectivity index (χ3n) is 1.55. The van der Waals surface area contributed by atoms with Crippen LogP contribution in [-0.4, -0.2) is 17.5 Å². The summed E-state index contributed by atoms with van der Waals surface area (Å²) in [6, 6.07) is 8.43. The van der Waals surface area contributed by atoms with Crippen LogP contribution in [-0.2, 0) is 4.74 Å². The van der Waals surface area contributed by atoms with Crippen LogP contribution in [0.4, 0.5) is 0 Å². The van der Waals surface area contributed by atoms with Gasteiger partial charge in [-0.15, -0.1) is 0 Å². The van der Waals surface area contributed by atoms with Crippen LogP contribution < -0.4 is 0 Å². The lowest BCUT2D eigenvalue weighted by molar-refractivity contribution is -0.402. The van der Waals surface area contributed by atoms with E-state index in [0.29, 0.717) is 5.56 Å². The fourth-order valence-electron chi connectivity index (χ4n) is 0.910. The average Bonchev–Trinajstić information content (AvgIpc) is 2.25. The normalized spacial score (nSPS) is 10.1. The molecule has 0 aliphatic carbocycles. The minimum Gasteiger partial charge on any atom is -0.458 e. The number of carbonyl (C=O) groups excluding carboxylic acids is 1. The zero-order valence-corrected chi connectivity index (χ0v) is 7.83. The molecule has 0 heterocycles. The summed E-state index contributed by atoms with van der Waals surface area (Å²) >= 11 is 0. The second-order valence-electron chi connectivity index (χ2n) is 2.63. The predicted molar refractivity (Wildman–Crippen MR) is 52.9 cm³/mol. The van der Waals surface area contributed by atoms with Crippen LogP contribution in [0.2, 0.25) is 0 Å². The summed E-state index contributed by atoms with van der Waals surface area (Å²) in [7, 11) is 0. The molecule has 0 N–H and O–H groups in total. The van der Waals surface area contributed by atoms with Crippen molar-refractivity contribution in [1.29, 1.82) is 0 Å². The number of rotatable bonds is 4. The Morgan fingerprint density at radius 2 is 2.07 bits per heavy atom. The van der Waals surface area contributed by atoms with Gasteiger partial charge in [0.25, 0.3) is 0 Å². The first-order valence-corrected chi connectivity index (χ1v) is 4.22. The Kier molecular flexibility index (Phi) is 4.03. The molecule has 0 amide bonds. The number of carbonyl (C=O) groups is 1. The van der Waals surface area contributed by atoms with E-state index in [2.05, 4.69) is 0 Å². The number of esters is 1. The van der Waals surface area contributed by atoms with Crippen molar-refractivity contribution in [3.63, 3.8) is 0 Å². The molecule has 0 fully saturated rings. The molecular formula is C10H9NO4. The molecule has 0 aromatic heterocycles. The summed E-state index contributed by atoms with van der Waals surface area (Å²) in [4.78, 5) is 20.5. The van der Waals surface area contributed by atoms with Gasteiger partial charge in [-0.25, -0.2) is 4.79 Å². The molecule has 1 aromatic carbocycles. The van der Waals surface area contributed by atoms with E-state index in [9.17, 15) is 14.9 Å². The van der Waals surface area contributed by atoms with E-state index in [1.807, 2.05) is 0 Å². The molecule has 78 valence electrons. The van der Waals surface area contributed by atoms with Gasteiger partial charge in [-0.2, -0.15) is 0 Å². The highest BCUT2D eigenvalue weighted by Crippen LogP contribution is 2.00. The van der Waals surface area contributed by atoms with Crippen molar-refractivity contribution in [3.05, 3.63) is 58.3 Å². The van der Waals surface area contributed by atoms with Crippen molar-refractivity contribution in [2.24, 2.45) is 0 Å². The lowest BCUT2D eigenvalue weighted by Crippen LogP contribution is -2.04. The SMILES string of the molecule is O=C(OCC=C[N+](=O)[O-])c1ccccc1. The Morgan fingerprint density at radius 1 is 1.40 bits per heavy atom. The Balaban J connectivity index is 2.41. The molecule has 0 saturated carbocycles. The van der Waals surface area contributed by atoms with Crippen LogP contribution in [0.5, 0.6) is 0 Å². The summed E-state index contributed by atoms with van der Waals surface area (Å²) in [6.07, 6.45) is 1.90. The van der Waals surface area contributed by atoms with Crippen molar-refractivity contribution in [2.45, 2.75) is 0 Å². The van der Waals surface area contributed by atoms with E-state index in [1.165, 1.54) is 6.08 Å². The molecule has 0 unspecified atom stereocenters. The monoisotopic (exact) mass is 207 g/mol. The first-order valence-electron chi connectivity index (χ1n) is 4.22. The first kappa shape index (κ1) is 10.9. The van der Waals surface area contributed by atoms with Crippen molar-refractivity contribution in [2.75, 3.05) is 6.61 Å². The zero-order valence-electron chi connectivity index (χ0n) is 7.83. The molecule has 0 saturated heterocycles. The predicted octanol–water partition coefficient (Wildman–Crippen LogP) is 1.63. The fraction of sp³-hybridized carbons (Fsp3) is 0.100. The number of hydrogen-bond donors (Lipinski definition) is 0. The van der Waals surface area contributed by atoms with Gasteiger partial charge in [-0.05, 0) is 12.1 Å². The molecule has 0 aliphatic heterocycles. The van der Waals surface area contributed by atoms with Crippen molar-refractivity contribution in [3.8, 4) is 0 Å². The molecule has 1 aromatic rings. The molecule has 0 spiro atoms. The van der Waals surface area contributed by atoms with Gasteiger partial charge in [0, 0.05) is 6.08 Å². The van der Waals surface area contributed by atoms with Gasteiger partial charge in [-0.1, -0.05) is 18.2 Å². The lowest BCUT2D eigenvalue weighted by atomic mass is 10.2. The smallest absolute Gasteiger partial charge is 0.338 e. The summed E-state index contributed by atoms with van der Waals surface area (Å²) < 4.78 is 4.75. The van der Waals surface area contributed by atoms with Crippen molar-refractivity contribution >= 4 is 5.97 Å². The molecule has 0 aliphatic rings. The van der Waals surface area contributed by atoms with Gasteiger partial charge in [-0.3, -0.25) is 10.1 Å². The van der Waals surface area contributed by atoms with Gasteiger partial charge >= 0.3 is 5.97 Å². The maximum absolute atomic E-state index is 11.3. The second kappa shape index (κ2) is 5.54. The maximum atomic E-state index is 11.3. The standard InChI is InChI=1S/C10H9NO4/c12-10(9-5-2-1-3-6-9)15-8-4-7-11(13)14/h1-7H,8H2. The number of ether oxygens (including phenoxy) is 1. The van der Waals surface area contributed by atoms with E-state index >= 15 is 0 Å². The first-order chi connectivity index (χ1) is 7.20. The average molecular weight is 207 g/mol. The number of benzene rings is 1.